The van der Waals surface area contributed by atoms with Gasteiger partial charge in [-0.05, 0) is 37.0 Å². The van der Waals surface area contributed by atoms with Crippen LogP contribution >= 0.6 is 23.2 Å². The van der Waals surface area contributed by atoms with Gasteiger partial charge in [-0.25, -0.2) is 4.79 Å². The molecule has 1 aromatic carbocycles. The van der Waals surface area contributed by atoms with Crippen molar-refractivity contribution in [3.63, 3.8) is 0 Å². The minimum absolute atomic E-state index is 0.113. The maximum absolute atomic E-state index is 12.1. The second-order valence-corrected chi connectivity index (χ2v) is 5.53. The molecular weight excluding hydrogens is 287 g/mol. The molecule has 0 aromatic heterocycles. The number of aliphatic hydroxyl groups is 1. The topological polar surface area (TPSA) is 52.6 Å². The summed E-state index contributed by atoms with van der Waals surface area (Å²) in [6.45, 7) is 1.38. The number of likely N-dealkylation sites (tertiary alicyclic amines) is 1. The molecule has 2 N–H and O–H groups in total. The molecule has 1 heterocycles. The third-order valence-electron chi connectivity index (χ3n) is 3.23. The Morgan fingerprint density at radius 3 is 3.00 bits per heavy atom. The van der Waals surface area contributed by atoms with Gasteiger partial charge in [0, 0.05) is 24.7 Å². The summed E-state index contributed by atoms with van der Waals surface area (Å²) in [5.41, 5.74) is 0.505. The lowest BCUT2D eigenvalue weighted by Gasteiger charge is -2.31. The number of halogens is 2. The van der Waals surface area contributed by atoms with Crippen molar-refractivity contribution >= 4 is 34.9 Å². The zero-order valence-corrected chi connectivity index (χ0v) is 11.9. The van der Waals surface area contributed by atoms with Crippen LogP contribution in [0.2, 0.25) is 10.0 Å². The van der Waals surface area contributed by atoms with E-state index in [1.165, 1.54) is 0 Å². The highest BCUT2D eigenvalue weighted by atomic mass is 35.5. The predicted octanol–water partition coefficient (Wildman–Crippen LogP) is 3.23. The molecule has 0 aliphatic carbocycles. The first kappa shape index (κ1) is 14.4. The van der Waals surface area contributed by atoms with Crippen molar-refractivity contribution in [2.75, 3.05) is 25.0 Å². The SMILES string of the molecule is O=C(Nc1cc(Cl)ccc1Cl)N1CCCC(CO)C1. The number of anilines is 1. The summed E-state index contributed by atoms with van der Waals surface area (Å²) in [5.74, 6) is 0.161. The van der Waals surface area contributed by atoms with Gasteiger partial charge in [0.15, 0.2) is 0 Å². The lowest BCUT2D eigenvalue weighted by Crippen LogP contribution is -2.43. The van der Waals surface area contributed by atoms with E-state index in [2.05, 4.69) is 5.32 Å². The first-order valence-corrected chi connectivity index (χ1v) is 6.97. The lowest BCUT2D eigenvalue weighted by atomic mass is 9.99. The van der Waals surface area contributed by atoms with Gasteiger partial charge >= 0.3 is 6.03 Å². The van der Waals surface area contributed by atoms with Gasteiger partial charge in [-0.15, -0.1) is 0 Å². The van der Waals surface area contributed by atoms with Crippen LogP contribution in [0.1, 0.15) is 12.8 Å². The fourth-order valence-electron chi connectivity index (χ4n) is 2.19. The molecule has 0 bridgehead atoms. The number of benzene rings is 1. The van der Waals surface area contributed by atoms with Crippen LogP contribution in [0.5, 0.6) is 0 Å². The Kier molecular flexibility index (Phi) is 4.91. The number of hydrogen-bond donors (Lipinski definition) is 2. The molecule has 1 saturated heterocycles. The number of rotatable bonds is 2. The minimum Gasteiger partial charge on any atom is -0.396 e. The molecule has 19 heavy (non-hydrogen) atoms. The van der Waals surface area contributed by atoms with E-state index in [0.29, 0.717) is 28.8 Å². The first-order chi connectivity index (χ1) is 9.10. The number of carbonyl (C=O) groups excluding carboxylic acids is 1. The number of hydrogen-bond acceptors (Lipinski definition) is 2. The number of aliphatic hydroxyl groups excluding tert-OH is 1. The van der Waals surface area contributed by atoms with E-state index in [0.717, 1.165) is 12.8 Å². The van der Waals surface area contributed by atoms with Crippen LogP contribution in [0.3, 0.4) is 0 Å². The van der Waals surface area contributed by atoms with Gasteiger partial charge < -0.3 is 15.3 Å². The van der Waals surface area contributed by atoms with Crippen molar-refractivity contribution in [2.45, 2.75) is 12.8 Å². The maximum Gasteiger partial charge on any atom is 0.321 e. The quantitative estimate of drug-likeness (QED) is 0.881. The van der Waals surface area contributed by atoms with Crippen molar-refractivity contribution in [2.24, 2.45) is 5.92 Å². The Morgan fingerprint density at radius 2 is 2.26 bits per heavy atom. The Morgan fingerprint density at radius 1 is 1.47 bits per heavy atom. The fraction of sp³-hybridized carbons (Fsp3) is 0.462. The zero-order chi connectivity index (χ0) is 13.8. The van der Waals surface area contributed by atoms with Crippen LogP contribution in [0, 0.1) is 5.92 Å². The number of urea groups is 1. The van der Waals surface area contributed by atoms with Crippen molar-refractivity contribution in [1.82, 2.24) is 4.90 Å². The molecule has 104 valence electrons. The van der Waals surface area contributed by atoms with Crippen LogP contribution in [0.25, 0.3) is 0 Å². The van der Waals surface area contributed by atoms with Gasteiger partial charge in [-0.1, -0.05) is 23.2 Å². The number of nitrogens with zero attached hydrogens (tertiary/aromatic N) is 1. The van der Waals surface area contributed by atoms with Crippen LogP contribution in [0.15, 0.2) is 18.2 Å². The average Bonchev–Trinajstić information content (AvgIpc) is 2.43. The number of carbonyl (C=O) groups is 1. The molecule has 1 fully saturated rings. The predicted molar refractivity (Wildman–Crippen MR) is 76.9 cm³/mol. The molecule has 6 heteroatoms. The van der Waals surface area contributed by atoms with Crippen molar-refractivity contribution in [3.05, 3.63) is 28.2 Å². The van der Waals surface area contributed by atoms with E-state index in [-0.39, 0.29) is 18.6 Å². The summed E-state index contributed by atoms with van der Waals surface area (Å²) in [6.07, 6.45) is 1.86. The minimum atomic E-state index is -0.206. The molecule has 0 spiro atoms. The molecular formula is C13H16Cl2N2O2. The van der Waals surface area contributed by atoms with Gasteiger partial charge in [0.25, 0.3) is 0 Å². The zero-order valence-electron chi connectivity index (χ0n) is 10.4. The Hall–Kier alpha value is -0.970. The lowest BCUT2D eigenvalue weighted by molar-refractivity contribution is 0.136. The monoisotopic (exact) mass is 302 g/mol. The Bertz CT molecular complexity index is 468. The van der Waals surface area contributed by atoms with Crippen molar-refractivity contribution < 1.29 is 9.90 Å². The largest absolute Gasteiger partial charge is 0.396 e. The van der Waals surface area contributed by atoms with Crippen LogP contribution in [0.4, 0.5) is 10.5 Å². The highest BCUT2D eigenvalue weighted by Crippen LogP contribution is 2.26. The first-order valence-electron chi connectivity index (χ1n) is 6.22. The standard InChI is InChI=1S/C13H16Cl2N2O2/c14-10-3-4-11(15)12(6-10)16-13(19)17-5-1-2-9(7-17)8-18/h3-4,6,9,18H,1-2,5,7-8H2,(H,16,19). The van der Waals surface area contributed by atoms with E-state index in [4.69, 9.17) is 28.3 Å². The van der Waals surface area contributed by atoms with Crippen LogP contribution < -0.4 is 5.32 Å². The number of amides is 2. The highest BCUT2D eigenvalue weighted by Gasteiger charge is 2.23. The highest BCUT2D eigenvalue weighted by molar-refractivity contribution is 6.35. The number of nitrogens with one attached hydrogen (secondary N) is 1. The van der Waals surface area contributed by atoms with Crippen LogP contribution in [-0.4, -0.2) is 35.7 Å². The van der Waals surface area contributed by atoms with Gasteiger partial charge in [0.1, 0.15) is 0 Å². The summed E-state index contributed by atoms with van der Waals surface area (Å²) >= 11 is 11.9. The van der Waals surface area contributed by atoms with Gasteiger partial charge in [0.05, 0.1) is 10.7 Å². The average molecular weight is 303 g/mol. The molecule has 1 aromatic rings. The van der Waals surface area contributed by atoms with E-state index < -0.39 is 0 Å². The smallest absolute Gasteiger partial charge is 0.321 e. The molecule has 1 aliphatic rings. The van der Waals surface area contributed by atoms with E-state index in [1.54, 1.807) is 23.1 Å². The summed E-state index contributed by atoms with van der Waals surface area (Å²) in [5, 5.41) is 12.9. The third-order valence-corrected chi connectivity index (χ3v) is 3.80. The van der Waals surface area contributed by atoms with Gasteiger partial charge in [0.2, 0.25) is 0 Å². The normalized spacial score (nSPS) is 19.3. The van der Waals surface area contributed by atoms with E-state index >= 15 is 0 Å². The number of piperidine rings is 1. The second-order valence-electron chi connectivity index (χ2n) is 4.69. The van der Waals surface area contributed by atoms with Crippen molar-refractivity contribution in [3.8, 4) is 0 Å². The Labute approximate surface area is 122 Å². The molecule has 0 radical (unpaired) electrons. The summed E-state index contributed by atoms with van der Waals surface area (Å²) in [4.78, 5) is 13.8. The Balaban J connectivity index is 2.02. The van der Waals surface area contributed by atoms with Crippen molar-refractivity contribution in [1.29, 1.82) is 0 Å². The van der Waals surface area contributed by atoms with E-state index in [9.17, 15) is 4.79 Å². The third kappa shape index (κ3) is 3.75. The second kappa shape index (κ2) is 6.46. The summed E-state index contributed by atoms with van der Waals surface area (Å²) < 4.78 is 0. The molecule has 2 rings (SSSR count). The fourth-order valence-corrected chi connectivity index (χ4v) is 2.52. The van der Waals surface area contributed by atoms with E-state index in [1.807, 2.05) is 0 Å². The summed E-state index contributed by atoms with van der Waals surface area (Å²) in [7, 11) is 0. The van der Waals surface area contributed by atoms with Gasteiger partial charge in [-0.3, -0.25) is 0 Å². The molecule has 2 amide bonds. The molecule has 4 nitrogen and oxygen atoms in total. The molecule has 1 atom stereocenters. The maximum atomic E-state index is 12.1. The molecule has 0 saturated carbocycles. The van der Waals surface area contributed by atoms with Crippen LogP contribution in [-0.2, 0) is 0 Å². The van der Waals surface area contributed by atoms with Gasteiger partial charge in [-0.2, -0.15) is 0 Å². The molecule has 1 aliphatic heterocycles. The summed E-state index contributed by atoms with van der Waals surface area (Å²) in [6, 6.07) is 4.73. The molecule has 1 unspecified atom stereocenters.